The van der Waals surface area contributed by atoms with Crippen molar-refractivity contribution in [3.05, 3.63) is 41.6 Å². The van der Waals surface area contributed by atoms with Crippen molar-refractivity contribution >= 4 is 22.5 Å². The first kappa shape index (κ1) is 15.9. The van der Waals surface area contributed by atoms with Gasteiger partial charge in [0.05, 0.1) is 6.04 Å². The molecule has 1 saturated heterocycles. The van der Waals surface area contributed by atoms with Crippen LogP contribution in [0.15, 0.2) is 30.5 Å². The topological polar surface area (TPSA) is 51.4 Å². The molecule has 1 aliphatic carbocycles. The Bertz CT molecular complexity index is 877. The summed E-state index contributed by atoms with van der Waals surface area (Å²) in [6.45, 7) is 2.64. The number of aromatic nitrogens is 1. The number of carbonyl (C=O) groups excluding carboxylic acids is 1. The van der Waals surface area contributed by atoms with E-state index in [1.807, 2.05) is 4.90 Å². The molecule has 2 N–H and O–H groups in total. The first-order valence-electron chi connectivity index (χ1n) is 9.77. The maximum absolute atomic E-state index is 12.6. The third-order valence-electron chi connectivity index (χ3n) is 6.22. The van der Waals surface area contributed by atoms with E-state index in [0.717, 1.165) is 38.9 Å². The van der Waals surface area contributed by atoms with Crippen LogP contribution in [-0.4, -0.2) is 59.6 Å². The Labute approximate surface area is 154 Å². The molecule has 3 heterocycles. The summed E-state index contributed by atoms with van der Waals surface area (Å²) in [4.78, 5) is 20.4. The van der Waals surface area contributed by atoms with Crippen LogP contribution in [0.1, 0.15) is 30.4 Å². The summed E-state index contributed by atoms with van der Waals surface area (Å²) in [7, 11) is 2.18. The average Bonchev–Trinajstić information content (AvgIpc) is 3.08. The summed E-state index contributed by atoms with van der Waals surface area (Å²) < 4.78 is 0. The lowest BCUT2D eigenvalue weighted by Crippen LogP contribution is -2.53. The molecule has 5 heteroatoms. The van der Waals surface area contributed by atoms with E-state index in [9.17, 15) is 4.79 Å². The van der Waals surface area contributed by atoms with E-state index in [4.69, 9.17) is 0 Å². The van der Waals surface area contributed by atoms with Crippen LogP contribution in [0.4, 0.5) is 4.79 Å². The van der Waals surface area contributed by atoms with Gasteiger partial charge in [-0.3, -0.25) is 4.90 Å². The zero-order valence-corrected chi connectivity index (χ0v) is 15.3. The Kier molecular flexibility index (Phi) is 3.78. The number of likely N-dealkylation sites (N-methyl/N-ethyl adjacent to an activating group) is 1. The molecule has 1 aromatic carbocycles. The van der Waals surface area contributed by atoms with Gasteiger partial charge in [0, 0.05) is 42.8 Å². The number of benzene rings is 1. The molecule has 1 fully saturated rings. The fourth-order valence-electron chi connectivity index (χ4n) is 4.89. The van der Waals surface area contributed by atoms with Crippen molar-refractivity contribution < 1.29 is 4.79 Å². The SMILES string of the molecule is CN1C[C@@H](NC(=O)N2CCCCC2)C=C2c3cccc4[nH]cc(c34)C[C@H]21. The van der Waals surface area contributed by atoms with Crippen LogP contribution in [-0.2, 0) is 6.42 Å². The van der Waals surface area contributed by atoms with Crippen molar-refractivity contribution in [2.45, 2.75) is 37.8 Å². The van der Waals surface area contributed by atoms with Crippen molar-refractivity contribution in [2.75, 3.05) is 26.7 Å². The molecule has 0 radical (unpaired) electrons. The third-order valence-corrected chi connectivity index (χ3v) is 6.22. The fraction of sp³-hybridized carbons (Fsp3) is 0.476. The molecule has 2 amide bonds. The number of likely N-dealkylation sites (tertiary alicyclic amines) is 1. The van der Waals surface area contributed by atoms with Crippen LogP contribution in [0.25, 0.3) is 16.5 Å². The number of aromatic amines is 1. The number of nitrogens with one attached hydrogen (secondary N) is 2. The summed E-state index contributed by atoms with van der Waals surface area (Å²) in [5.41, 5.74) is 5.29. The number of H-pyrrole nitrogens is 1. The summed E-state index contributed by atoms with van der Waals surface area (Å²) in [5, 5.41) is 4.62. The first-order chi connectivity index (χ1) is 12.7. The zero-order valence-electron chi connectivity index (χ0n) is 15.3. The van der Waals surface area contributed by atoms with Gasteiger partial charge in [-0.05, 0) is 55.5 Å². The Morgan fingerprint density at radius 3 is 2.92 bits per heavy atom. The van der Waals surface area contributed by atoms with E-state index in [0.29, 0.717) is 6.04 Å². The highest BCUT2D eigenvalue weighted by atomic mass is 16.2. The summed E-state index contributed by atoms with van der Waals surface area (Å²) >= 11 is 0. The van der Waals surface area contributed by atoms with E-state index < -0.39 is 0 Å². The maximum Gasteiger partial charge on any atom is 0.317 e. The van der Waals surface area contributed by atoms with Gasteiger partial charge >= 0.3 is 6.03 Å². The molecule has 5 nitrogen and oxygen atoms in total. The van der Waals surface area contributed by atoms with Gasteiger partial charge in [-0.2, -0.15) is 0 Å². The van der Waals surface area contributed by atoms with Crippen LogP contribution in [0.2, 0.25) is 0 Å². The highest BCUT2D eigenvalue weighted by Crippen LogP contribution is 2.39. The number of hydrogen-bond donors (Lipinski definition) is 2. The van der Waals surface area contributed by atoms with E-state index in [1.165, 1.54) is 34.0 Å². The van der Waals surface area contributed by atoms with Gasteiger partial charge < -0.3 is 15.2 Å². The van der Waals surface area contributed by atoms with Gasteiger partial charge in [-0.15, -0.1) is 0 Å². The Morgan fingerprint density at radius 2 is 2.08 bits per heavy atom. The van der Waals surface area contributed by atoms with E-state index >= 15 is 0 Å². The molecule has 2 aliphatic heterocycles. The molecule has 2 atom stereocenters. The molecule has 0 unspecified atom stereocenters. The standard InChI is InChI=1S/C21H26N4O/c1-24-13-15(23-21(26)25-8-3-2-4-9-25)11-17-16-6-5-7-18-20(16)14(12-22-18)10-19(17)24/h5-7,11-12,15,19,22H,2-4,8-10,13H2,1H3,(H,23,26)/t15-,19+/m0/s1. The van der Waals surface area contributed by atoms with Gasteiger partial charge in [0.15, 0.2) is 0 Å². The number of rotatable bonds is 1. The number of hydrogen-bond acceptors (Lipinski definition) is 2. The average molecular weight is 350 g/mol. The summed E-state index contributed by atoms with van der Waals surface area (Å²) in [5.74, 6) is 0. The van der Waals surface area contributed by atoms with E-state index in [1.54, 1.807) is 0 Å². The Balaban J connectivity index is 1.45. The molecule has 0 spiro atoms. The molecule has 5 rings (SSSR count). The molecule has 0 bridgehead atoms. The molecule has 0 saturated carbocycles. The molecule has 3 aliphatic rings. The molecule has 1 aromatic heterocycles. The van der Waals surface area contributed by atoms with Crippen LogP contribution < -0.4 is 5.32 Å². The van der Waals surface area contributed by atoms with Crippen molar-refractivity contribution in [1.82, 2.24) is 20.1 Å². The van der Waals surface area contributed by atoms with Gasteiger partial charge in [0.1, 0.15) is 0 Å². The second-order valence-electron chi connectivity index (χ2n) is 7.93. The molecule has 136 valence electrons. The van der Waals surface area contributed by atoms with Crippen LogP contribution in [0.5, 0.6) is 0 Å². The first-order valence-corrected chi connectivity index (χ1v) is 9.77. The predicted molar refractivity (Wildman–Crippen MR) is 104 cm³/mol. The molecular weight excluding hydrogens is 324 g/mol. The number of piperidine rings is 1. The lowest BCUT2D eigenvalue weighted by atomic mass is 9.81. The highest BCUT2D eigenvalue weighted by Gasteiger charge is 2.34. The van der Waals surface area contributed by atoms with Gasteiger partial charge in [0.2, 0.25) is 0 Å². The quantitative estimate of drug-likeness (QED) is 0.831. The molecule has 2 aromatic rings. The minimum Gasteiger partial charge on any atom is -0.361 e. The summed E-state index contributed by atoms with van der Waals surface area (Å²) in [6, 6.07) is 7.04. The van der Waals surface area contributed by atoms with Crippen molar-refractivity contribution in [1.29, 1.82) is 0 Å². The van der Waals surface area contributed by atoms with E-state index in [-0.39, 0.29) is 12.1 Å². The Morgan fingerprint density at radius 1 is 1.23 bits per heavy atom. The van der Waals surface area contributed by atoms with Crippen LogP contribution >= 0.6 is 0 Å². The lowest BCUT2D eigenvalue weighted by molar-refractivity contribution is 0.178. The highest BCUT2D eigenvalue weighted by molar-refractivity contribution is 5.98. The fourth-order valence-corrected chi connectivity index (χ4v) is 4.89. The summed E-state index contributed by atoms with van der Waals surface area (Å²) in [6.07, 6.45) is 8.98. The number of urea groups is 1. The second-order valence-corrected chi connectivity index (χ2v) is 7.93. The molecule has 26 heavy (non-hydrogen) atoms. The number of nitrogens with zero attached hydrogens (tertiary/aromatic N) is 2. The molecular formula is C21H26N4O. The monoisotopic (exact) mass is 350 g/mol. The van der Waals surface area contributed by atoms with Gasteiger partial charge in [-0.25, -0.2) is 4.79 Å². The zero-order chi connectivity index (χ0) is 17.7. The van der Waals surface area contributed by atoms with Gasteiger partial charge in [0.25, 0.3) is 0 Å². The van der Waals surface area contributed by atoms with Crippen molar-refractivity contribution in [3.63, 3.8) is 0 Å². The predicted octanol–water partition coefficient (Wildman–Crippen LogP) is 2.99. The lowest BCUT2D eigenvalue weighted by Gasteiger charge is -2.40. The maximum atomic E-state index is 12.6. The minimum atomic E-state index is 0.0661. The van der Waals surface area contributed by atoms with Crippen molar-refractivity contribution in [2.24, 2.45) is 0 Å². The van der Waals surface area contributed by atoms with E-state index in [2.05, 4.69) is 52.7 Å². The Hall–Kier alpha value is -2.27. The van der Waals surface area contributed by atoms with Crippen LogP contribution in [0, 0.1) is 0 Å². The number of amides is 2. The van der Waals surface area contributed by atoms with Gasteiger partial charge in [-0.1, -0.05) is 18.2 Å². The van der Waals surface area contributed by atoms with Crippen LogP contribution in [0.3, 0.4) is 0 Å². The normalized spacial score (nSPS) is 25.7. The third kappa shape index (κ3) is 2.53. The second kappa shape index (κ2) is 6.16. The number of fused-ring (bicyclic) bond motifs is 2. The largest absolute Gasteiger partial charge is 0.361 e. The number of carbonyl (C=O) groups is 1. The smallest absolute Gasteiger partial charge is 0.317 e. The van der Waals surface area contributed by atoms with Crippen molar-refractivity contribution in [3.8, 4) is 0 Å². The minimum absolute atomic E-state index is 0.0661.